The molecule has 0 spiro atoms. The first kappa shape index (κ1) is 10.7. The first-order chi connectivity index (χ1) is 6.07. The molecule has 1 saturated carbocycles. The minimum atomic E-state index is -0.967. The Morgan fingerprint density at radius 3 is 3.00 bits per heavy atom. The van der Waals surface area contributed by atoms with Gasteiger partial charge in [0.2, 0.25) is 6.08 Å². The van der Waals surface area contributed by atoms with Gasteiger partial charge in [0, 0.05) is 0 Å². The molecular formula is C9H13ClFNO. The Hall–Kier alpha value is -0.400. The molecule has 3 atom stereocenters. The van der Waals surface area contributed by atoms with E-state index in [9.17, 15) is 9.18 Å². The van der Waals surface area contributed by atoms with Gasteiger partial charge in [0.1, 0.15) is 6.17 Å². The van der Waals surface area contributed by atoms with Gasteiger partial charge in [-0.15, -0.1) is 11.6 Å². The average molecular weight is 206 g/mol. The van der Waals surface area contributed by atoms with E-state index in [1.54, 1.807) is 0 Å². The van der Waals surface area contributed by atoms with E-state index in [4.69, 9.17) is 11.6 Å². The van der Waals surface area contributed by atoms with Crippen molar-refractivity contribution >= 4 is 17.7 Å². The van der Waals surface area contributed by atoms with Crippen LogP contribution < -0.4 is 0 Å². The topological polar surface area (TPSA) is 29.4 Å². The molecule has 2 nitrogen and oxygen atoms in total. The van der Waals surface area contributed by atoms with Crippen LogP contribution in [0.4, 0.5) is 4.39 Å². The van der Waals surface area contributed by atoms with Crippen LogP contribution in [0.25, 0.3) is 0 Å². The van der Waals surface area contributed by atoms with E-state index >= 15 is 0 Å². The summed E-state index contributed by atoms with van der Waals surface area (Å²) in [6, 6.07) is 0. The van der Waals surface area contributed by atoms with E-state index in [-0.39, 0.29) is 0 Å². The molecule has 0 aromatic carbocycles. The summed E-state index contributed by atoms with van der Waals surface area (Å²) < 4.78 is 13.1. The third kappa shape index (κ3) is 2.78. The Labute approximate surface area is 82.2 Å². The summed E-state index contributed by atoms with van der Waals surface area (Å²) in [5.74, 6) is 0. The lowest BCUT2D eigenvalue weighted by Crippen LogP contribution is -2.26. The maximum Gasteiger partial charge on any atom is 0.235 e. The monoisotopic (exact) mass is 205 g/mol. The van der Waals surface area contributed by atoms with Gasteiger partial charge >= 0.3 is 0 Å². The van der Waals surface area contributed by atoms with E-state index < -0.39 is 17.1 Å². The van der Waals surface area contributed by atoms with Crippen LogP contribution >= 0.6 is 11.6 Å². The van der Waals surface area contributed by atoms with Crippen molar-refractivity contribution in [3.05, 3.63) is 0 Å². The number of aliphatic imine (C=N–C) groups is 1. The lowest BCUT2D eigenvalue weighted by atomic mass is 9.93. The normalized spacial score (nSPS) is 40.5. The molecule has 1 aliphatic carbocycles. The molecule has 1 fully saturated rings. The van der Waals surface area contributed by atoms with Crippen LogP contribution in [0.3, 0.4) is 0 Å². The Balaban J connectivity index is 2.73. The molecule has 2 unspecified atom stereocenters. The van der Waals surface area contributed by atoms with Crippen molar-refractivity contribution in [2.75, 3.05) is 0 Å². The average Bonchev–Trinajstić information content (AvgIpc) is 2.13. The zero-order valence-electron chi connectivity index (χ0n) is 7.59. The van der Waals surface area contributed by atoms with Crippen molar-refractivity contribution in [3.8, 4) is 0 Å². The van der Waals surface area contributed by atoms with Crippen molar-refractivity contribution < 1.29 is 9.18 Å². The molecular weight excluding hydrogens is 193 g/mol. The molecule has 0 radical (unpaired) electrons. The highest BCUT2D eigenvalue weighted by molar-refractivity contribution is 6.21. The van der Waals surface area contributed by atoms with Gasteiger partial charge in [0.25, 0.3) is 0 Å². The van der Waals surface area contributed by atoms with Gasteiger partial charge in [0.15, 0.2) is 0 Å². The highest BCUT2D eigenvalue weighted by Gasteiger charge is 2.34. The molecule has 1 rings (SSSR count). The SMILES string of the molecule is CC1(N=C=O)CCC[C@H](F)C(Cl)C1. The third-order valence-electron chi connectivity index (χ3n) is 2.54. The maximum atomic E-state index is 13.1. The van der Waals surface area contributed by atoms with Gasteiger partial charge in [0.05, 0.1) is 10.9 Å². The number of carbonyl (C=O) groups excluding carboxylic acids is 1. The zero-order valence-corrected chi connectivity index (χ0v) is 8.35. The Bertz CT molecular complexity index is 230. The second-order valence-electron chi connectivity index (χ2n) is 3.83. The Kier molecular flexibility index (Phi) is 3.46. The summed E-state index contributed by atoms with van der Waals surface area (Å²) >= 11 is 5.83. The van der Waals surface area contributed by atoms with Gasteiger partial charge in [-0.25, -0.2) is 9.18 Å². The van der Waals surface area contributed by atoms with Crippen LogP contribution in [0.2, 0.25) is 0 Å². The van der Waals surface area contributed by atoms with E-state index in [2.05, 4.69) is 4.99 Å². The van der Waals surface area contributed by atoms with Gasteiger partial charge in [-0.05, 0) is 32.6 Å². The van der Waals surface area contributed by atoms with Crippen LogP contribution in [0, 0.1) is 0 Å². The molecule has 4 heteroatoms. The summed E-state index contributed by atoms with van der Waals surface area (Å²) in [6.45, 7) is 1.82. The molecule has 0 heterocycles. The van der Waals surface area contributed by atoms with E-state index in [1.807, 2.05) is 6.92 Å². The van der Waals surface area contributed by atoms with Crippen molar-refractivity contribution in [1.29, 1.82) is 0 Å². The summed E-state index contributed by atoms with van der Waals surface area (Å²) in [6.07, 6.45) is 2.90. The number of nitrogens with zero attached hydrogens (tertiary/aromatic N) is 1. The number of hydrogen-bond donors (Lipinski definition) is 0. The van der Waals surface area contributed by atoms with Crippen LogP contribution in [0.15, 0.2) is 4.99 Å². The van der Waals surface area contributed by atoms with Gasteiger partial charge in [-0.3, -0.25) is 0 Å². The standard InChI is InChI=1S/C9H13ClFNO/c1-9(12-6-13)4-2-3-8(11)7(10)5-9/h7-8H,2-5H2,1H3/t7?,8-,9?/m0/s1. The Morgan fingerprint density at radius 1 is 1.69 bits per heavy atom. The summed E-state index contributed by atoms with van der Waals surface area (Å²) in [4.78, 5) is 13.9. The predicted molar refractivity (Wildman–Crippen MR) is 49.5 cm³/mol. The minimum absolute atomic E-state index is 0.422. The van der Waals surface area contributed by atoms with E-state index in [0.29, 0.717) is 19.3 Å². The number of isocyanates is 1. The number of alkyl halides is 2. The fourth-order valence-electron chi connectivity index (χ4n) is 1.72. The minimum Gasteiger partial charge on any atom is -0.246 e. The lowest BCUT2D eigenvalue weighted by Gasteiger charge is -2.22. The smallest absolute Gasteiger partial charge is 0.235 e. The van der Waals surface area contributed by atoms with Crippen LogP contribution in [-0.4, -0.2) is 23.2 Å². The largest absolute Gasteiger partial charge is 0.246 e. The van der Waals surface area contributed by atoms with Crippen LogP contribution in [-0.2, 0) is 4.79 Å². The molecule has 0 aromatic heterocycles. The van der Waals surface area contributed by atoms with Crippen molar-refractivity contribution in [2.45, 2.75) is 49.7 Å². The van der Waals surface area contributed by atoms with E-state index in [0.717, 1.165) is 6.42 Å². The number of rotatable bonds is 1. The first-order valence-corrected chi connectivity index (χ1v) is 4.88. The molecule has 0 aliphatic heterocycles. The van der Waals surface area contributed by atoms with Crippen LogP contribution in [0.5, 0.6) is 0 Å². The van der Waals surface area contributed by atoms with Crippen molar-refractivity contribution in [1.82, 2.24) is 0 Å². The van der Waals surface area contributed by atoms with Crippen molar-refractivity contribution in [2.24, 2.45) is 4.99 Å². The van der Waals surface area contributed by atoms with Gasteiger partial charge in [-0.2, -0.15) is 4.99 Å². The fraction of sp³-hybridized carbons (Fsp3) is 0.889. The lowest BCUT2D eigenvalue weighted by molar-refractivity contribution is 0.299. The van der Waals surface area contributed by atoms with Crippen LogP contribution in [0.1, 0.15) is 32.6 Å². The summed E-state index contributed by atoms with van der Waals surface area (Å²) in [5.41, 5.74) is -0.505. The second-order valence-corrected chi connectivity index (χ2v) is 4.39. The summed E-state index contributed by atoms with van der Waals surface area (Å²) in [7, 11) is 0. The molecule has 1 aliphatic rings. The molecule has 13 heavy (non-hydrogen) atoms. The molecule has 0 saturated heterocycles. The number of hydrogen-bond acceptors (Lipinski definition) is 2. The molecule has 0 N–H and O–H groups in total. The number of halogens is 2. The van der Waals surface area contributed by atoms with Gasteiger partial charge < -0.3 is 0 Å². The molecule has 0 amide bonds. The Morgan fingerprint density at radius 2 is 2.38 bits per heavy atom. The quantitative estimate of drug-likeness (QED) is 0.280. The van der Waals surface area contributed by atoms with E-state index in [1.165, 1.54) is 6.08 Å². The molecule has 0 bridgehead atoms. The highest BCUT2D eigenvalue weighted by Crippen LogP contribution is 2.33. The first-order valence-electron chi connectivity index (χ1n) is 4.44. The zero-order chi connectivity index (χ0) is 9.90. The third-order valence-corrected chi connectivity index (χ3v) is 2.97. The molecule has 74 valence electrons. The summed E-state index contributed by atoms with van der Waals surface area (Å²) in [5, 5.41) is -0.524. The van der Waals surface area contributed by atoms with Crippen molar-refractivity contribution in [3.63, 3.8) is 0 Å². The molecule has 0 aromatic rings. The maximum absolute atomic E-state index is 13.1. The fourth-order valence-corrected chi connectivity index (χ4v) is 2.18. The highest BCUT2D eigenvalue weighted by atomic mass is 35.5. The van der Waals surface area contributed by atoms with Gasteiger partial charge in [-0.1, -0.05) is 0 Å². The predicted octanol–water partition coefficient (Wildman–Crippen LogP) is 2.60. The second kappa shape index (κ2) is 4.21.